The van der Waals surface area contributed by atoms with E-state index in [2.05, 4.69) is 35.8 Å². The fourth-order valence-corrected chi connectivity index (χ4v) is 2.35. The Labute approximate surface area is 154 Å². The van der Waals surface area contributed by atoms with Gasteiger partial charge in [0.15, 0.2) is 5.69 Å². The van der Waals surface area contributed by atoms with Crippen LogP contribution in [0.5, 0.6) is 0 Å². The molecule has 0 bridgehead atoms. The van der Waals surface area contributed by atoms with E-state index in [0.29, 0.717) is 12.2 Å². The van der Waals surface area contributed by atoms with Crippen LogP contribution in [-0.4, -0.2) is 51.5 Å². The Hall–Kier alpha value is -3.60. The molecule has 140 valence electrons. The van der Waals surface area contributed by atoms with Crippen LogP contribution in [0, 0.1) is 6.92 Å². The number of nitrogen functional groups attached to an aromatic ring is 1. The summed E-state index contributed by atoms with van der Waals surface area (Å²) in [5.74, 6) is -0.254. The number of benzene rings is 1. The number of hydrazone groups is 1. The first-order valence-electron chi connectivity index (χ1n) is 8.17. The van der Waals surface area contributed by atoms with Crippen molar-refractivity contribution < 1.29 is 14.3 Å². The van der Waals surface area contributed by atoms with Crippen molar-refractivity contribution in [1.82, 2.24) is 30.7 Å². The molecule has 0 aliphatic heterocycles. The number of carbonyl (C=O) groups excluding carboxylic acids is 1. The molecule has 0 aliphatic carbocycles. The summed E-state index contributed by atoms with van der Waals surface area (Å²) in [4.78, 5) is 13.6. The fraction of sp³-hybridized carbons (Fsp3) is 0.250. The number of rotatable bonds is 6. The minimum absolute atomic E-state index is 0.0549. The summed E-state index contributed by atoms with van der Waals surface area (Å²) in [6.45, 7) is 2.45. The molecular formula is C16H20N9O2+. The molecule has 4 N–H and O–H groups in total. The fourth-order valence-electron chi connectivity index (χ4n) is 2.35. The molecule has 0 saturated heterocycles. The maximum atomic E-state index is 12.5. The van der Waals surface area contributed by atoms with Gasteiger partial charge in [-0.05, 0) is 22.8 Å². The summed E-state index contributed by atoms with van der Waals surface area (Å²) in [5, 5.41) is 19.1. The second-order valence-corrected chi connectivity index (χ2v) is 6.26. The lowest BCUT2D eigenvalue weighted by molar-refractivity contribution is -0.873. The van der Waals surface area contributed by atoms with Crippen LogP contribution in [0.4, 0.5) is 5.82 Å². The average Bonchev–Trinajstić information content (AvgIpc) is 3.22. The number of aryl methyl sites for hydroxylation is 1. The first-order valence-corrected chi connectivity index (χ1v) is 8.17. The van der Waals surface area contributed by atoms with Crippen LogP contribution in [0.1, 0.15) is 27.3 Å². The first-order chi connectivity index (χ1) is 13.0. The number of nitrogens with one attached hydrogen (secondary N) is 2. The smallest absolute Gasteiger partial charge is 0.294 e. The van der Waals surface area contributed by atoms with E-state index in [0.717, 1.165) is 16.0 Å². The van der Waals surface area contributed by atoms with E-state index >= 15 is 0 Å². The molecule has 0 saturated carbocycles. The molecule has 11 heteroatoms. The molecule has 2 aromatic heterocycles. The van der Waals surface area contributed by atoms with Gasteiger partial charge in [-0.1, -0.05) is 35.0 Å². The quantitative estimate of drug-likeness (QED) is 0.371. The first kappa shape index (κ1) is 18.2. The van der Waals surface area contributed by atoms with Gasteiger partial charge in [0.1, 0.15) is 12.2 Å². The van der Waals surface area contributed by atoms with Crippen LogP contribution < -0.4 is 16.1 Å². The summed E-state index contributed by atoms with van der Waals surface area (Å²) >= 11 is 0. The highest BCUT2D eigenvalue weighted by molar-refractivity contribution is 5.94. The Morgan fingerprint density at radius 3 is 2.70 bits per heavy atom. The predicted octanol–water partition coefficient (Wildman–Crippen LogP) is -1.05. The number of hydrogen-bond acceptors (Lipinski definition) is 8. The Morgan fingerprint density at radius 1 is 1.33 bits per heavy atom. The van der Waals surface area contributed by atoms with E-state index in [9.17, 15) is 4.79 Å². The highest BCUT2D eigenvalue weighted by Crippen LogP contribution is 2.15. The molecule has 0 unspecified atom stereocenters. The molecule has 1 aromatic carbocycles. The molecule has 27 heavy (non-hydrogen) atoms. The average molecular weight is 370 g/mol. The van der Waals surface area contributed by atoms with Crippen LogP contribution in [-0.2, 0) is 6.54 Å². The van der Waals surface area contributed by atoms with E-state index in [1.54, 1.807) is 6.21 Å². The monoisotopic (exact) mass is 370 g/mol. The molecule has 0 spiro atoms. The number of nitrogens with two attached hydrogens (primary N) is 1. The number of carbonyl (C=O) groups is 1. The van der Waals surface area contributed by atoms with E-state index in [1.807, 2.05) is 45.3 Å². The number of aromatic nitrogens is 5. The van der Waals surface area contributed by atoms with Gasteiger partial charge in [-0.25, -0.2) is 10.1 Å². The molecule has 3 rings (SSSR count). The molecule has 3 aromatic rings. The van der Waals surface area contributed by atoms with Crippen LogP contribution in [0.15, 0.2) is 34.0 Å². The van der Waals surface area contributed by atoms with Crippen molar-refractivity contribution in [2.45, 2.75) is 13.5 Å². The summed E-state index contributed by atoms with van der Waals surface area (Å²) < 4.78 is 5.95. The molecule has 0 fully saturated rings. The molecule has 11 nitrogen and oxygen atoms in total. The zero-order valence-electron chi connectivity index (χ0n) is 15.2. The second-order valence-electron chi connectivity index (χ2n) is 6.26. The van der Waals surface area contributed by atoms with Crippen molar-refractivity contribution in [2.24, 2.45) is 5.10 Å². The summed E-state index contributed by atoms with van der Waals surface area (Å²) in [7, 11) is 3.86. The van der Waals surface area contributed by atoms with E-state index in [-0.39, 0.29) is 17.3 Å². The van der Waals surface area contributed by atoms with Crippen molar-refractivity contribution in [3.63, 3.8) is 0 Å². The van der Waals surface area contributed by atoms with Crippen LogP contribution >= 0.6 is 0 Å². The maximum Gasteiger partial charge on any atom is 0.294 e. The van der Waals surface area contributed by atoms with Gasteiger partial charge < -0.3 is 10.6 Å². The van der Waals surface area contributed by atoms with Gasteiger partial charge in [0.25, 0.3) is 5.91 Å². The van der Waals surface area contributed by atoms with Crippen LogP contribution in [0.25, 0.3) is 5.82 Å². The summed E-state index contributed by atoms with van der Waals surface area (Å²) in [5.41, 5.74) is 10.8. The number of quaternary nitrogens is 1. The highest BCUT2D eigenvalue weighted by atomic mass is 16.6. The van der Waals surface area contributed by atoms with Crippen molar-refractivity contribution in [3.05, 3.63) is 46.8 Å². The van der Waals surface area contributed by atoms with Crippen LogP contribution in [0.3, 0.4) is 0 Å². The third-order valence-corrected chi connectivity index (χ3v) is 3.65. The number of anilines is 1. The Bertz CT molecular complexity index is 957. The number of nitrogens with zero attached hydrogens (tertiary/aromatic N) is 6. The molecule has 0 radical (unpaired) electrons. The van der Waals surface area contributed by atoms with E-state index in [4.69, 9.17) is 5.73 Å². The molecule has 1 amide bonds. The number of hydrogen-bond donors (Lipinski definition) is 3. The lowest BCUT2D eigenvalue weighted by atomic mass is 10.2. The largest absolute Gasteiger partial charge is 0.378 e. The molecule has 0 aliphatic rings. The summed E-state index contributed by atoms with van der Waals surface area (Å²) in [6, 6.07) is 7.73. The normalized spacial score (nSPS) is 11.4. The van der Waals surface area contributed by atoms with Crippen molar-refractivity contribution in [1.29, 1.82) is 0 Å². The summed E-state index contributed by atoms with van der Waals surface area (Å²) in [6.07, 6.45) is 1.55. The molecular weight excluding hydrogens is 350 g/mol. The Kier molecular flexibility index (Phi) is 5.22. The zero-order chi connectivity index (χ0) is 19.4. The topological polar surface area (TPSA) is 142 Å². The van der Waals surface area contributed by atoms with Gasteiger partial charge in [0.2, 0.25) is 11.6 Å². The van der Waals surface area contributed by atoms with Gasteiger partial charge >= 0.3 is 0 Å². The van der Waals surface area contributed by atoms with Crippen molar-refractivity contribution >= 4 is 17.9 Å². The molecule has 2 heterocycles. The predicted molar refractivity (Wildman–Crippen MR) is 96.4 cm³/mol. The third-order valence-electron chi connectivity index (χ3n) is 3.65. The Balaban J connectivity index is 1.82. The van der Waals surface area contributed by atoms with Gasteiger partial charge in [-0.2, -0.15) is 9.78 Å². The Morgan fingerprint density at radius 2 is 2.07 bits per heavy atom. The lowest BCUT2D eigenvalue weighted by Gasteiger charge is -2.08. The van der Waals surface area contributed by atoms with Crippen molar-refractivity contribution in [3.8, 4) is 5.82 Å². The zero-order valence-corrected chi connectivity index (χ0v) is 15.2. The lowest BCUT2D eigenvalue weighted by Crippen LogP contribution is -3.04. The SMILES string of the molecule is Cc1ccc(/C=N\NC(=O)c2nnn(-c3nonc3N)c2C[NH+](C)C)cc1. The van der Waals surface area contributed by atoms with E-state index < -0.39 is 5.91 Å². The second kappa shape index (κ2) is 7.74. The van der Waals surface area contributed by atoms with Gasteiger partial charge in [0, 0.05) is 0 Å². The number of amides is 1. The highest BCUT2D eigenvalue weighted by Gasteiger charge is 2.25. The minimum atomic E-state index is -0.490. The van der Waals surface area contributed by atoms with E-state index in [1.165, 1.54) is 4.68 Å². The standard InChI is InChI=1S/C16H19N9O2/c1-10-4-6-11(7-5-10)8-18-20-16(26)13-12(9-24(2)3)25(23-19-13)15-14(17)21-27-22-15/h4-8H,9H2,1-3H3,(H2,17,21)(H,20,26)/p+1/b18-8-. The van der Waals surface area contributed by atoms with Gasteiger partial charge in [-0.3, -0.25) is 4.79 Å². The maximum absolute atomic E-state index is 12.5. The minimum Gasteiger partial charge on any atom is -0.378 e. The third kappa shape index (κ3) is 4.15. The van der Waals surface area contributed by atoms with Gasteiger partial charge in [0.05, 0.1) is 20.3 Å². The molecule has 0 atom stereocenters. The van der Waals surface area contributed by atoms with Crippen LogP contribution in [0.2, 0.25) is 0 Å². The van der Waals surface area contributed by atoms with Gasteiger partial charge in [-0.15, -0.1) is 5.10 Å². The van der Waals surface area contributed by atoms with Crippen molar-refractivity contribution in [2.75, 3.05) is 19.8 Å².